The van der Waals surface area contributed by atoms with Crippen molar-refractivity contribution in [1.82, 2.24) is 5.32 Å². The van der Waals surface area contributed by atoms with Gasteiger partial charge in [-0.15, -0.1) is 0 Å². The van der Waals surface area contributed by atoms with Crippen molar-refractivity contribution in [2.24, 2.45) is 0 Å². The Morgan fingerprint density at radius 2 is 1.94 bits per heavy atom. The molecule has 0 saturated heterocycles. The molecule has 1 aromatic rings. The van der Waals surface area contributed by atoms with Crippen LogP contribution in [0.5, 0.6) is 0 Å². The quantitative estimate of drug-likeness (QED) is 0.794. The van der Waals surface area contributed by atoms with Gasteiger partial charge in [0.15, 0.2) is 0 Å². The van der Waals surface area contributed by atoms with E-state index in [2.05, 4.69) is 43.4 Å². The monoisotopic (exact) mass is 219 g/mol. The number of ether oxygens (including phenoxy) is 1. The average molecular weight is 219 g/mol. The van der Waals surface area contributed by atoms with E-state index < -0.39 is 0 Å². The van der Waals surface area contributed by atoms with Crippen LogP contribution < -0.4 is 5.32 Å². The van der Waals surface area contributed by atoms with Gasteiger partial charge < -0.3 is 10.1 Å². The van der Waals surface area contributed by atoms with Gasteiger partial charge in [-0.2, -0.15) is 0 Å². The van der Waals surface area contributed by atoms with Gasteiger partial charge in [-0.1, -0.05) is 24.3 Å². The van der Waals surface area contributed by atoms with Crippen molar-refractivity contribution in [2.45, 2.75) is 52.0 Å². The molecule has 1 aromatic carbocycles. The zero-order valence-electron chi connectivity index (χ0n) is 10.2. The smallest absolute Gasteiger partial charge is 0.0723 e. The van der Waals surface area contributed by atoms with Crippen LogP contribution in [-0.4, -0.2) is 12.1 Å². The minimum Gasteiger partial charge on any atom is -0.374 e. The lowest BCUT2D eigenvalue weighted by Crippen LogP contribution is -2.17. The molecule has 1 saturated carbocycles. The Morgan fingerprint density at radius 1 is 1.25 bits per heavy atom. The van der Waals surface area contributed by atoms with Crippen LogP contribution in [0, 0.1) is 0 Å². The zero-order valence-corrected chi connectivity index (χ0v) is 10.2. The first kappa shape index (κ1) is 11.6. The summed E-state index contributed by atoms with van der Waals surface area (Å²) in [5, 5.41) is 3.55. The average Bonchev–Trinajstić information content (AvgIpc) is 3.08. The van der Waals surface area contributed by atoms with Crippen LogP contribution >= 0.6 is 0 Å². The lowest BCUT2D eigenvalue weighted by atomic mass is 10.1. The standard InChI is InChI=1S/C14H21NO/c1-11(2)16-10-13-6-4-3-5-12(13)9-15-14-7-8-14/h3-6,11,14-15H,7-10H2,1-2H3. The zero-order chi connectivity index (χ0) is 11.4. The first-order valence-corrected chi connectivity index (χ1v) is 6.17. The second-order valence-electron chi connectivity index (χ2n) is 4.78. The Kier molecular flexibility index (Phi) is 3.97. The van der Waals surface area contributed by atoms with Crippen LogP contribution in [-0.2, 0) is 17.9 Å². The molecule has 2 heteroatoms. The van der Waals surface area contributed by atoms with E-state index >= 15 is 0 Å². The van der Waals surface area contributed by atoms with Crippen molar-refractivity contribution >= 4 is 0 Å². The van der Waals surface area contributed by atoms with Crippen molar-refractivity contribution in [2.75, 3.05) is 0 Å². The molecule has 16 heavy (non-hydrogen) atoms. The van der Waals surface area contributed by atoms with E-state index in [0.717, 1.165) is 19.2 Å². The summed E-state index contributed by atoms with van der Waals surface area (Å²) in [5.74, 6) is 0. The van der Waals surface area contributed by atoms with Gasteiger partial charge in [-0.3, -0.25) is 0 Å². The molecular formula is C14H21NO. The summed E-state index contributed by atoms with van der Waals surface area (Å²) in [6.07, 6.45) is 2.97. The summed E-state index contributed by atoms with van der Waals surface area (Å²) in [5.41, 5.74) is 2.68. The molecule has 88 valence electrons. The lowest BCUT2D eigenvalue weighted by molar-refractivity contribution is 0.0652. The first-order valence-electron chi connectivity index (χ1n) is 6.17. The van der Waals surface area contributed by atoms with E-state index in [1.165, 1.54) is 24.0 Å². The van der Waals surface area contributed by atoms with Crippen LogP contribution in [0.4, 0.5) is 0 Å². The second-order valence-corrected chi connectivity index (χ2v) is 4.78. The van der Waals surface area contributed by atoms with Crippen LogP contribution in [0.15, 0.2) is 24.3 Å². The SMILES string of the molecule is CC(C)OCc1ccccc1CNC1CC1. The van der Waals surface area contributed by atoms with E-state index in [4.69, 9.17) is 4.74 Å². The van der Waals surface area contributed by atoms with Crippen molar-refractivity contribution in [3.8, 4) is 0 Å². The maximum atomic E-state index is 5.66. The van der Waals surface area contributed by atoms with Gasteiger partial charge in [0.2, 0.25) is 0 Å². The fourth-order valence-corrected chi connectivity index (χ4v) is 1.67. The molecule has 0 unspecified atom stereocenters. The van der Waals surface area contributed by atoms with Gasteiger partial charge in [0, 0.05) is 12.6 Å². The van der Waals surface area contributed by atoms with Gasteiger partial charge in [-0.05, 0) is 37.8 Å². The summed E-state index contributed by atoms with van der Waals surface area (Å²) >= 11 is 0. The van der Waals surface area contributed by atoms with E-state index in [9.17, 15) is 0 Å². The highest BCUT2D eigenvalue weighted by Crippen LogP contribution is 2.20. The predicted octanol–water partition coefficient (Wildman–Crippen LogP) is 2.86. The minimum absolute atomic E-state index is 0.296. The topological polar surface area (TPSA) is 21.3 Å². The number of nitrogens with one attached hydrogen (secondary N) is 1. The third-order valence-corrected chi connectivity index (χ3v) is 2.85. The van der Waals surface area contributed by atoms with Gasteiger partial charge in [0.05, 0.1) is 12.7 Å². The Morgan fingerprint density at radius 3 is 2.56 bits per heavy atom. The van der Waals surface area contributed by atoms with Crippen molar-refractivity contribution in [3.05, 3.63) is 35.4 Å². The molecule has 1 aliphatic carbocycles. The van der Waals surface area contributed by atoms with Gasteiger partial charge in [-0.25, -0.2) is 0 Å². The Hall–Kier alpha value is -0.860. The Bertz CT molecular complexity index is 306. The van der Waals surface area contributed by atoms with Crippen molar-refractivity contribution < 1.29 is 4.74 Å². The fraction of sp³-hybridized carbons (Fsp3) is 0.571. The van der Waals surface area contributed by atoms with E-state index in [-0.39, 0.29) is 0 Å². The van der Waals surface area contributed by atoms with Crippen LogP contribution in [0.25, 0.3) is 0 Å². The van der Waals surface area contributed by atoms with Gasteiger partial charge >= 0.3 is 0 Å². The third kappa shape index (κ3) is 3.62. The molecule has 2 rings (SSSR count). The highest BCUT2D eigenvalue weighted by Gasteiger charge is 2.20. The Labute approximate surface area is 98.0 Å². The predicted molar refractivity (Wildman–Crippen MR) is 66.2 cm³/mol. The largest absolute Gasteiger partial charge is 0.374 e. The molecule has 0 bridgehead atoms. The third-order valence-electron chi connectivity index (χ3n) is 2.85. The normalized spacial score (nSPS) is 15.7. The molecule has 2 nitrogen and oxygen atoms in total. The van der Waals surface area contributed by atoms with E-state index in [1.807, 2.05) is 0 Å². The van der Waals surface area contributed by atoms with Gasteiger partial charge in [0.1, 0.15) is 0 Å². The lowest BCUT2D eigenvalue weighted by Gasteiger charge is -2.12. The summed E-state index contributed by atoms with van der Waals surface area (Å²) in [7, 11) is 0. The maximum Gasteiger partial charge on any atom is 0.0723 e. The summed E-state index contributed by atoms with van der Waals surface area (Å²) in [6.45, 7) is 5.85. The van der Waals surface area contributed by atoms with Gasteiger partial charge in [0.25, 0.3) is 0 Å². The maximum absolute atomic E-state index is 5.66. The summed E-state index contributed by atoms with van der Waals surface area (Å²) < 4.78 is 5.66. The first-order chi connectivity index (χ1) is 7.75. The summed E-state index contributed by atoms with van der Waals surface area (Å²) in [6, 6.07) is 9.29. The van der Waals surface area contributed by atoms with Crippen molar-refractivity contribution in [3.63, 3.8) is 0 Å². The number of hydrogen-bond acceptors (Lipinski definition) is 2. The van der Waals surface area contributed by atoms with Crippen molar-refractivity contribution in [1.29, 1.82) is 0 Å². The van der Waals surface area contributed by atoms with E-state index in [0.29, 0.717) is 6.10 Å². The number of benzene rings is 1. The molecule has 1 aliphatic rings. The molecule has 0 aromatic heterocycles. The molecule has 0 aliphatic heterocycles. The second kappa shape index (κ2) is 5.46. The molecule has 0 atom stereocenters. The van der Waals surface area contributed by atoms with Crippen LogP contribution in [0.1, 0.15) is 37.8 Å². The van der Waals surface area contributed by atoms with Crippen LogP contribution in [0.2, 0.25) is 0 Å². The molecular weight excluding hydrogens is 198 g/mol. The molecule has 1 fully saturated rings. The molecule has 0 radical (unpaired) electrons. The molecule has 0 heterocycles. The minimum atomic E-state index is 0.296. The fourth-order valence-electron chi connectivity index (χ4n) is 1.67. The molecule has 1 N–H and O–H groups in total. The Balaban J connectivity index is 1.92. The highest BCUT2D eigenvalue weighted by molar-refractivity contribution is 5.26. The molecule has 0 spiro atoms. The number of hydrogen-bond donors (Lipinski definition) is 1. The molecule has 0 amide bonds. The van der Waals surface area contributed by atoms with Crippen LogP contribution in [0.3, 0.4) is 0 Å². The summed E-state index contributed by atoms with van der Waals surface area (Å²) in [4.78, 5) is 0. The van der Waals surface area contributed by atoms with E-state index in [1.54, 1.807) is 0 Å². The number of rotatable bonds is 6. The highest BCUT2D eigenvalue weighted by atomic mass is 16.5.